The van der Waals surface area contributed by atoms with Gasteiger partial charge in [0.1, 0.15) is 18.1 Å². The van der Waals surface area contributed by atoms with Gasteiger partial charge in [0.25, 0.3) is 11.8 Å². The molecule has 2 amide bonds. The molecule has 0 saturated carbocycles. The first-order valence-corrected chi connectivity index (χ1v) is 8.71. The average Bonchev–Trinajstić information content (AvgIpc) is 2.66. The van der Waals surface area contributed by atoms with E-state index >= 15 is 0 Å². The lowest BCUT2D eigenvalue weighted by atomic mass is 10.2. The predicted molar refractivity (Wildman–Crippen MR) is 102 cm³/mol. The number of hydrogen-bond donors (Lipinski definition) is 2. The highest BCUT2D eigenvalue weighted by molar-refractivity contribution is 9.10. The molecule has 0 aromatic heterocycles. The van der Waals surface area contributed by atoms with Crippen LogP contribution in [-0.4, -0.2) is 25.0 Å². The Bertz CT molecular complexity index is 791. The molecule has 0 unspecified atom stereocenters. The molecule has 6 nitrogen and oxygen atoms in total. The highest BCUT2D eigenvalue weighted by Gasteiger charge is 2.11. The van der Waals surface area contributed by atoms with Gasteiger partial charge in [-0.25, -0.2) is 0 Å². The second-order valence-electron chi connectivity index (χ2n) is 5.11. The average molecular weight is 419 g/mol. The number of hydrazine groups is 1. The van der Waals surface area contributed by atoms with Crippen LogP contribution in [0, 0.1) is 0 Å². The zero-order valence-corrected chi connectivity index (χ0v) is 15.8. The zero-order chi connectivity index (χ0) is 18.9. The molecule has 0 radical (unpaired) electrons. The van der Waals surface area contributed by atoms with Crippen LogP contribution in [0.2, 0.25) is 0 Å². The molecular formula is C19H19BrN2O4. The van der Waals surface area contributed by atoms with Gasteiger partial charge in [0.2, 0.25) is 0 Å². The lowest BCUT2D eigenvalue weighted by Crippen LogP contribution is -2.41. The number of hydrogen-bond acceptors (Lipinski definition) is 4. The third-order valence-corrected chi connectivity index (χ3v) is 3.89. The molecule has 0 aliphatic rings. The molecule has 0 fully saturated rings. The minimum atomic E-state index is -0.437. The molecule has 0 atom stereocenters. The topological polar surface area (TPSA) is 76.7 Å². The highest BCUT2D eigenvalue weighted by atomic mass is 79.9. The molecule has 0 heterocycles. The van der Waals surface area contributed by atoms with Crippen molar-refractivity contribution >= 4 is 27.7 Å². The van der Waals surface area contributed by atoms with Gasteiger partial charge in [-0.1, -0.05) is 12.7 Å². The summed E-state index contributed by atoms with van der Waals surface area (Å²) in [4.78, 5) is 24.3. The quantitative estimate of drug-likeness (QED) is 0.532. The van der Waals surface area contributed by atoms with Gasteiger partial charge in [-0.3, -0.25) is 20.4 Å². The fraction of sp³-hybridized carbons (Fsp3) is 0.158. The lowest BCUT2D eigenvalue weighted by molar-refractivity contribution is 0.0846. The summed E-state index contributed by atoms with van der Waals surface area (Å²) in [6.07, 6.45) is 1.63. The molecule has 26 heavy (non-hydrogen) atoms. The third-order valence-electron chi connectivity index (χ3n) is 3.27. The highest BCUT2D eigenvalue weighted by Crippen LogP contribution is 2.25. The number of amides is 2. The van der Waals surface area contributed by atoms with Crippen LogP contribution in [0.4, 0.5) is 0 Å². The Balaban J connectivity index is 1.93. The number of carbonyl (C=O) groups excluding carboxylic acids is 2. The maximum absolute atomic E-state index is 12.2. The summed E-state index contributed by atoms with van der Waals surface area (Å²) in [7, 11) is 0. The van der Waals surface area contributed by atoms with E-state index in [1.54, 1.807) is 48.5 Å². The SMILES string of the molecule is C=CCOc1ccc(C(=O)NNC(=O)c2ccc(OCC)c(Br)c2)cc1. The van der Waals surface area contributed by atoms with Gasteiger partial charge in [-0.05, 0) is 65.3 Å². The minimum Gasteiger partial charge on any atom is -0.493 e. The second kappa shape index (κ2) is 9.62. The molecule has 2 N–H and O–H groups in total. The first-order valence-electron chi connectivity index (χ1n) is 7.92. The van der Waals surface area contributed by atoms with E-state index < -0.39 is 11.8 Å². The number of rotatable bonds is 7. The van der Waals surface area contributed by atoms with Crippen LogP contribution in [0.25, 0.3) is 0 Å². The number of nitrogens with one attached hydrogen (secondary N) is 2. The van der Waals surface area contributed by atoms with E-state index in [0.717, 1.165) is 0 Å². The van der Waals surface area contributed by atoms with E-state index in [1.165, 1.54) is 0 Å². The first kappa shape index (κ1) is 19.5. The summed E-state index contributed by atoms with van der Waals surface area (Å²) >= 11 is 3.35. The number of carbonyl (C=O) groups is 2. The van der Waals surface area contributed by atoms with Crippen molar-refractivity contribution in [1.29, 1.82) is 0 Å². The molecule has 0 spiro atoms. The van der Waals surface area contributed by atoms with Crippen molar-refractivity contribution in [3.8, 4) is 11.5 Å². The fourth-order valence-corrected chi connectivity index (χ4v) is 2.52. The largest absolute Gasteiger partial charge is 0.493 e. The fourth-order valence-electron chi connectivity index (χ4n) is 2.03. The second-order valence-corrected chi connectivity index (χ2v) is 5.96. The standard InChI is InChI=1S/C19H19BrN2O4/c1-3-11-26-15-8-5-13(6-9-15)18(23)21-22-19(24)14-7-10-17(25-4-2)16(20)12-14/h3,5-10,12H,1,4,11H2,2H3,(H,21,23)(H,22,24). The molecule has 0 aliphatic heterocycles. The van der Waals surface area contributed by atoms with Crippen molar-refractivity contribution < 1.29 is 19.1 Å². The van der Waals surface area contributed by atoms with Gasteiger partial charge in [-0.15, -0.1) is 0 Å². The van der Waals surface area contributed by atoms with Crippen molar-refractivity contribution in [2.24, 2.45) is 0 Å². The zero-order valence-electron chi connectivity index (χ0n) is 14.3. The Kier molecular flexibility index (Phi) is 7.23. The molecule has 2 rings (SSSR count). The van der Waals surface area contributed by atoms with Crippen molar-refractivity contribution in [3.05, 3.63) is 70.7 Å². The van der Waals surface area contributed by atoms with E-state index in [0.29, 0.717) is 40.3 Å². The van der Waals surface area contributed by atoms with E-state index in [4.69, 9.17) is 9.47 Å². The Morgan fingerprint density at radius 1 is 1.04 bits per heavy atom. The Hall–Kier alpha value is -2.80. The molecule has 0 saturated heterocycles. The molecule has 2 aromatic rings. The normalized spacial score (nSPS) is 9.92. The van der Waals surface area contributed by atoms with Gasteiger partial charge in [0.15, 0.2) is 0 Å². The van der Waals surface area contributed by atoms with Crippen LogP contribution in [0.15, 0.2) is 59.6 Å². The summed E-state index contributed by atoms with van der Waals surface area (Å²) in [6, 6.07) is 11.5. The summed E-state index contributed by atoms with van der Waals surface area (Å²) in [5, 5.41) is 0. The molecule has 2 aromatic carbocycles. The third kappa shape index (κ3) is 5.35. The van der Waals surface area contributed by atoms with Crippen LogP contribution in [0.1, 0.15) is 27.6 Å². The van der Waals surface area contributed by atoms with E-state index in [2.05, 4.69) is 33.4 Å². The van der Waals surface area contributed by atoms with Crippen molar-refractivity contribution in [2.75, 3.05) is 13.2 Å². The van der Waals surface area contributed by atoms with Gasteiger partial charge in [0, 0.05) is 11.1 Å². The molecular weight excluding hydrogens is 400 g/mol. The number of benzene rings is 2. The smallest absolute Gasteiger partial charge is 0.269 e. The summed E-state index contributed by atoms with van der Waals surface area (Å²) in [6.45, 7) is 6.36. The number of ether oxygens (including phenoxy) is 2. The minimum absolute atomic E-state index is 0.383. The summed E-state index contributed by atoms with van der Waals surface area (Å²) in [5.41, 5.74) is 5.53. The molecule has 0 aliphatic carbocycles. The molecule has 136 valence electrons. The number of halogens is 1. The first-order chi connectivity index (χ1) is 12.5. The maximum Gasteiger partial charge on any atom is 0.269 e. The Morgan fingerprint density at radius 2 is 1.65 bits per heavy atom. The van der Waals surface area contributed by atoms with Crippen LogP contribution in [0.5, 0.6) is 11.5 Å². The van der Waals surface area contributed by atoms with Gasteiger partial charge >= 0.3 is 0 Å². The molecule has 0 bridgehead atoms. The monoisotopic (exact) mass is 418 g/mol. The summed E-state index contributed by atoms with van der Waals surface area (Å²) in [5.74, 6) is 0.406. The van der Waals surface area contributed by atoms with Crippen molar-refractivity contribution in [1.82, 2.24) is 10.9 Å². The van der Waals surface area contributed by atoms with Crippen molar-refractivity contribution in [3.63, 3.8) is 0 Å². The van der Waals surface area contributed by atoms with Crippen LogP contribution in [0.3, 0.4) is 0 Å². The van der Waals surface area contributed by atoms with E-state index in [-0.39, 0.29) is 0 Å². The predicted octanol–water partition coefficient (Wildman–Crippen LogP) is 3.49. The maximum atomic E-state index is 12.2. The van der Waals surface area contributed by atoms with E-state index in [1.807, 2.05) is 6.92 Å². The van der Waals surface area contributed by atoms with Crippen LogP contribution >= 0.6 is 15.9 Å². The van der Waals surface area contributed by atoms with Gasteiger partial charge < -0.3 is 9.47 Å². The van der Waals surface area contributed by atoms with Crippen molar-refractivity contribution in [2.45, 2.75) is 6.92 Å². The Labute approximate surface area is 160 Å². The summed E-state index contributed by atoms with van der Waals surface area (Å²) < 4.78 is 11.4. The van der Waals surface area contributed by atoms with Crippen LogP contribution < -0.4 is 20.3 Å². The van der Waals surface area contributed by atoms with Gasteiger partial charge in [0.05, 0.1) is 11.1 Å². The van der Waals surface area contributed by atoms with Crippen LogP contribution in [-0.2, 0) is 0 Å². The Morgan fingerprint density at radius 3 is 2.23 bits per heavy atom. The molecule has 7 heteroatoms. The van der Waals surface area contributed by atoms with Gasteiger partial charge in [-0.2, -0.15) is 0 Å². The lowest BCUT2D eigenvalue weighted by Gasteiger charge is -2.10. The van der Waals surface area contributed by atoms with E-state index in [9.17, 15) is 9.59 Å².